The average molecular weight is 291 g/mol. The summed E-state index contributed by atoms with van der Waals surface area (Å²) in [5.41, 5.74) is 8.90. The topological polar surface area (TPSA) is 49.5 Å². The zero-order valence-corrected chi connectivity index (χ0v) is 12.1. The van der Waals surface area contributed by atoms with Gasteiger partial charge < -0.3 is 10.8 Å². The van der Waals surface area contributed by atoms with Crippen molar-refractivity contribution < 1.29 is 5.11 Å². The number of anilines is 1. The summed E-state index contributed by atoms with van der Waals surface area (Å²) in [4.78, 5) is 2.15. The third kappa shape index (κ3) is 4.23. The smallest absolute Gasteiger partial charge is 0.0558 e. The van der Waals surface area contributed by atoms with Crippen LogP contribution in [-0.4, -0.2) is 23.2 Å². The maximum Gasteiger partial charge on any atom is 0.0558 e. The lowest BCUT2D eigenvalue weighted by atomic mass is 10.1. The Morgan fingerprint density at radius 3 is 2.50 bits per heavy atom. The second-order valence-electron chi connectivity index (χ2n) is 4.76. The quantitative estimate of drug-likeness (QED) is 0.804. The van der Waals surface area contributed by atoms with Crippen LogP contribution in [0.2, 0.25) is 5.02 Å². The van der Waals surface area contributed by atoms with E-state index >= 15 is 0 Å². The van der Waals surface area contributed by atoms with Crippen LogP contribution in [0.25, 0.3) is 0 Å². The fourth-order valence-corrected chi connectivity index (χ4v) is 2.34. The van der Waals surface area contributed by atoms with Crippen LogP contribution in [0.3, 0.4) is 0 Å². The van der Waals surface area contributed by atoms with Crippen LogP contribution in [0, 0.1) is 0 Å². The number of nitrogens with two attached hydrogens (primary N) is 1. The number of benzene rings is 2. The van der Waals surface area contributed by atoms with Gasteiger partial charge in [-0.05, 0) is 29.3 Å². The summed E-state index contributed by atoms with van der Waals surface area (Å²) < 4.78 is 0. The molecule has 20 heavy (non-hydrogen) atoms. The molecule has 2 aromatic carbocycles. The van der Waals surface area contributed by atoms with Crippen LogP contribution in [0.1, 0.15) is 11.1 Å². The molecule has 0 heterocycles. The molecule has 106 valence electrons. The van der Waals surface area contributed by atoms with Gasteiger partial charge in [-0.25, -0.2) is 0 Å². The van der Waals surface area contributed by atoms with Crippen LogP contribution < -0.4 is 5.73 Å². The van der Waals surface area contributed by atoms with Gasteiger partial charge in [-0.15, -0.1) is 0 Å². The molecule has 0 aliphatic carbocycles. The van der Waals surface area contributed by atoms with Gasteiger partial charge in [0.15, 0.2) is 0 Å². The average Bonchev–Trinajstić information content (AvgIpc) is 2.44. The lowest BCUT2D eigenvalue weighted by molar-refractivity contribution is 0.184. The van der Waals surface area contributed by atoms with Crippen molar-refractivity contribution in [2.45, 2.75) is 13.1 Å². The predicted molar refractivity (Wildman–Crippen MR) is 83.5 cm³/mol. The van der Waals surface area contributed by atoms with Gasteiger partial charge in [0, 0.05) is 30.3 Å². The molecular weight excluding hydrogens is 272 g/mol. The number of nitrogen functional groups attached to an aromatic ring is 1. The molecule has 2 aromatic rings. The Balaban J connectivity index is 2.11. The molecule has 0 amide bonds. The van der Waals surface area contributed by atoms with Crippen molar-refractivity contribution in [1.82, 2.24) is 4.90 Å². The zero-order valence-electron chi connectivity index (χ0n) is 11.3. The molecule has 3 nitrogen and oxygen atoms in total. The molecular formula is C16H19ClN2O. The van der Waals surface area contributed by atoms with Gasteiger partial charge in [-0.3, -0.25) is 4.90 Å². The number of halogens is 1. The molecule has 0 saturated carbocycles. The van der Waals surface area contributed by atoms with Crippen molar-refractivity contribution in [3.63, 3.8) is 0 Å². The number of nitrogens with zero attached hydrogens (tertiary/aromatic N) is 1. The first-order valence-corrected chi connectivity index (χ1v) is 6.98. The molecule has 3 N–H and O–H groups in total. The minimum Gasteiger partial charge on any atom is -0.398 e. The predicted octanol–water partition coefficient (Wildman–Crippen LogP) is 2.92. The van der Waals surface area contributed by atoms with E-state index in [-0.39, 0.29) is 6.61 Å². The van der Waals surface area contributed by atoms with E-state index < -0.39 is 0 Å². The second-order valence-corrected chi connectivity index (χ2v) is 5.20. The SMILES string of the molecule is Nc1ccc(Cl)cc1CN(CCO)Cc1ccccc1. The Morgan fingerprint density at radius 2 is 1.80 bits per heavy atom. The van der Waals surface area contributed by atoms with Gasteiger partial charge in [0.25, 0.3) is 0 Å². The molecule has 0 saturated heterocycles. The number of aliphatic hydroxyl groups is 1. The van der Waals surface area contributed by atoms with E-state index in [1.54, 1.807) is 6.07 Å². The Kier molecular flexibility index (Phi) is 5.41. The van der Waals surface area contributed by atoms with Crippen LogP contribution in [0.5, 0.6) is 0 Å². The molecule has 0 bridgehead atoms. The summed E-state index contributed by atoms with van der Waals surface area (Å²) >= 11 is 6.01. The van der Waals surface area contributed by atoms with Gasteiger partial charge in [0.1, 0.15) is 0 Å². The molecule has 0 unspecified atom stereocenters. The molecule has 0 atom stereocenters. The monoisotopic (exact) mass is 290 g/mol. The lowest BCUT2D eigenvalue weighted by Crippen LogP contribution is -2.26. The van der Waals surface area contributed by atoms with Crippen LogP contribution >= 0.6 is 11.6 Å². The van der Waals surface area contributed by atoms with E-state index in [4.69, 9.17) is 17.3 Å². The summed E-state index contributed by atoms with van der Waals surface area (Å²) in [5, 5.41) is 9.90. The molecule has 4 heteroatoms. The van der Waals surface area contributed by atoms with Crippen LogP contribution in [-0.2, 0) is 13.1 Å². The maximum atomic E-state index is 9.22. The first-order valence-electron chi connectivity index (χ1n) is 6.60. The Bertz CT molecular complexity index is 545. The normalized spacial score (nSPS) is 10.9. The van der Waals surface area contributed by atoms with Crippen molar-refractivity contribution in [1.29, 1.82) is 0 Å². The summed E-state index contributed by atoms with van der Waals surface area (Å²) in [6.07, 6.45) is 0. The summed E-state index contributed by atoms with van der Waals surface area (Å²) in [7, 11) is 0. The van der Waals surface area contributed by atoms with Crippen molar-refractivity contribution in [2.75, 3.05) is 18.9 Å². The van der Waals surface area contributed by atoms with Gasteiger partial charge in [-0.1, -0.05) is 41.9 Å². The summed E-state index contributed by atoms with van der Waals surface area (Å²) in [6, 6.07) is 15.7. The highest BCUT2D eigenvalue weighted by molar-refractivity contribution is 6.30. The van der Waals surface area contributed by atoms with E-state index in [9.17, 15) is 5.11 Å². The first kappa shape index (κ1) is 14.9. The Labute approximate surface area is 124 Å². The Morgan fingerprint density at radius 1 is 1.05 bits per heavy atom. The third-order valence-electron chi connectivity index (χ3n) is 3.16. The van der Waals surface area contributed by atoms with E-state index in [2.05, 4.69) is 17.0 Å². The van der Waals surface area contributed by atoms with E-state index in [1.165, 1.54) is 5.56 Å². The molecule has 0 radical (unpaired) electrons. The number of hydrogen-bond acceptors (Lipinski definition) is 3. The third-order valence-corrected chi connectivity index (χ3v) is 3.40. The Hall–Kier alpha value is -1.55. The standard InChI is InChI=1S/C16H19ClN2O/c17-15-6-7-16(18)14(10-15)12-19(8-9-20)11-13-4-2-1-3-5-13/h1-7,10,20H,8-9,11-12,18H2. The van der Waals surface area contributed by atoms with Crippen molar-refractivity contribution >= 4 is 17.3 Å². The molecule has 0 aliphatic rings. The zero-order chi connectivity index (χ0) is 14.4. The second kappa shape index (κ2) is 7.29. The van der Waals surface area contributed by atoms with Gasteiger partial charge in [0.2, 0.25) is 0 Å². The summed E-state index contributed by atoms with van der Waals surface area (Å²) in [6.45, 7) is 2.16. The van der Waals surface area contributed by atoms with E-state index in [0.29, 0.717) is 18.1 Å². The van der Waals surface area contributed by atoms with Crippen molar-refractivity contribution in [3.05, 3.63) is 64.7 Å². The lowest BCUT2D eigenvalue weighted by Gasteiger charge is -2.22. The number of aliphatic hydroxyl groups excluding tert-OH is 1. The van der Waals surface area contributed by atoms with Crippen LogP contribution in [0.4, 0.5) is 5.69 Å². The molecule has 2 rings (SSSR count). The minimum atomic E-state index is 0.118. The molecule has 0 fully saturated rings. The fourth-order valence-electron chi connectivity index (χ4n) is 2.15. The highest BCUT2D eigenvalue weighted by Crippen LogP contribution is 2.20. The molecule has 0 aromatic heterocycles. The van der Waals surface area contributed by atoms with Gasteiger partial charge in [0.05, 0.1) is 6.61 Å². The highest BCUT2D eigenvalue weighted by Gasteiger charge is 2.09. The van der Waals surface area contributed by atoms with E-state index in [1.807, 2.05) is 30.3 Å². The van der Waals surface area contributed by atoms with Crippen molar-refractivity contribution in [2.24, 2.45) is 0 Å². The first-order chi connectivity index (χ1) is 9.69. The van der Waals surface area contributed by atoms with Gasteiger partial charge in [-0.2, -0.15) is 0 Å². The summed E-state index contributed by atoms with van der Waals surface area (Å²) in [5.74, 6) is 0. The van der Waals surface area contributed by atoms with Crippen LogP contribution in [0.15, 0.2) is 48.5 Å². The molecule has 0 spiro atoms. The van der Waals surface area contributed by atoms with E-state index in [0.717, 1.165) is 17.8 Å². The maximum absolute atomic E-state index is 9.22. The van der Waals surface area contributed by atoms with Gasteiger partial charge >= 0.3 is 0 Å². The number of rotatable bonds is 6. The fraction of sp³-hybridized carbons (Fsp3) is 0.250. The minimum absolute atomic E-state index is 0.118. The highest BCUT2D eigenvalue weighted by atomic mass is 35.5. The number of hydrogen-bond donors (Lipinski definition) is 2. The largest absolute Gasteiger partial charge is 0.398 e. The molecule has 0 aliphatic heterocycles. The van der Waals surface area contributed by atoms with Crippen molar-refractivity contribution in [3.8, 4) is 0 Å².